The fourth-order valence-corrected chi connectivity index (χ4v) is 13.8. The number of ether oxygens (including phenoxy) is 5. The number of carboxylic acid groups (broad SMARTS) is 1. The van der Waals surface area contributed by atoms with E-state index in [0.717, 1.165) is 24.8 Å². The molecule has 16 heteroatoms. The summed E-state index contributed by atoms with van der Waals surface area (Å²) in [4.78, 5) is 39.9. The fourth-order valence-electron chi connectivity index (χ4n) is 13.8. The average Bonchev–Trinajstić information content (AvgIpc) is 3.18. The van der Waals surface area contributed by atoms with Crippen molar-refractivity contribution >= 4 is 17.9 Å². The monoisotopic (exact) mass is 838 g/mol. The van der Waals surface area contributed by atoms with Gasteiger partial charge in [-0.1, -0.05) is 46.3 Å². The Kier molecular flexibility index (Phi) is 11.6. The maximum absolute atomic E-state index is 14.7. The Labute approximate surface area is 345 Å². The van der Waals surface area contributed by atoms with Crippen LogP contribution in [0.15, 0.2) is 11.6 Å². The van der Waals surface area contributed by atoms with E-state index in [1.54, 1.807) is 0 Å². The molecule has 0 bridgehead atoms. The van der Waals surface area contributed by atoms with Gasteiger partial charge in [0.15, 0.2) is 12.4 Å². The van der Waals surface area contributed by atoms with Gasteiger partial charge in [-0.05, 0) is 111 Å². The molecule has 0 aromatic rings. The van der Waals surface area contributed by atoms with Crippen LogP contribution in [0.1, 0.15) is 106 Å². The van der Waals surface area contributed by atoms with Crippen molar-refractivity contribution in [2.45, 2.75) is 173 Å². The number of methoxy groups -OCH3 is 1. The van der Waals surface area contributed by atoms with E-state index in [1.807, 2.05) is 6.92 Å². The van der Waals surface area contributed by atoms with Gasteiger partial charge in [-0.25, -0.2) is 4.79 Å². The zero-order valence-electron chi connectivity index (χ0n) is 35.3. The molecule has 3 unspecified atom stereocenters. The minimum absolute atomic E-state index is 0.144. The van der Waals surface area contributed by atoms with Crippen molar-refractivity contribution in [2.24, 2.45) is 50.2 Å². The van der Waals surface area contributed by atoms with Crippen LogP contribution in [0.2, 0.25) is 0 Å². The molecule has 0 radical (unpaired) electrons. The third kappa shape index (κ3) is 6.56. The van der Waals surface area contributed by atoms with Crippen LogP contribution < -0.4 is 0 Å². The van der Waals surface area contributed by atoms with Crippen molar-refractivity contribution in [1.29, 1.82) is 0 Å². The molecule has 0 spiro atoms. The number of esters is 2. The van der Waals surface area contributed by atoms with E-state index in [-0.39, 0.29) is 28.6 Å². The number of hydrogen-bond donors (Lipinski definition) is 8. The van der Waals surface area contributed by atoms with Crippen molar-refractivity contribution < 1.29 is 78.9 Å². The first kappa shape index (κ1) is 44.8. The highest BCUT2D eigenvalue weighted by molar-refractivity contribution is 5.81. The quantitative estimate of drug-likeness (QED) is 0.103. The van der Waals surface area contributed by atoms with Crippen LogP contribution in [-0.4, -0.2) is 140 Å². The number of carbonyl (C=O) groups is 3. The van der Waals surface area contributed by atoms with Gasteiger partial charge < -0.3 is 64.5 Å². The molecule has 19 atom stereocenters. The molecular weight excluding hydrogens is 772 g/mol. The molecule has 7 rings (SSSR count). The van der Waals surface area contributed by atoms with Crippen LogP contribution in [0.3, 0.4) is 0 Å². The van der Waals surface area contributed by atoms with Gasteiger partial charge in [-0.15, -0.1) is 0 Å². The summed E-state index contributed by atoms with van der Waals surface area (Å²) in [5, 5.41) is 82.6. The third-order valence-electron chi connectivity index (χ3n) is 17.6. The van der Waals surface area contributed by atoms with Crippen LogP contribution in [0.25, 0.3) is 0 Å². The van der Waals surface area contributed by atoms with Gasteiger partial charge in [0.1, 0.15) is 42.7 Å². The summed E-state index contributed by atoms with van der Waals surface area (Å²) >= 11 is 0. The van der Waals surface area contributed by atoms with E-state index in [4.69, 9.17) is 23.7 Å². The number of hydrogen-bond acceptors (Lipinski definition) is 15. The summed E-state index contributed by atoms with van der Waals surface area (Å²) in [6.07, 6.45) is -8.69. The third-order valence-corrected chi connectivity index (χ3v) is 17.6. The molecule has 2 heterocycles. The number of carbonyl (C=O) groups excluding carboxylic acids is 2. The summed E-state index contributed by atoms with van der Waals surface area (Å²) in [6.45, 7) is 12.5. The van der Waals surface area contributed by atoms with E-state index in [0.29, 0.717) is 44.9 Å². The summed E-state index contributed by atoms with van der Waals surface area (Å²) in [7, 11) is 1.37. The Bertz CT molecular complexity index is 1680. The number of rotatable bonds is 7. The van der Waals surface area contributed by atoms with Gasteiger partial charge in [-0.2, -0.15) is 0 Å². The Morgan fingerprint density at radius 1 is 0.746 bits per heavy atom. The number of allylic oxidation sites excluding steroid dienone is 2. The van der Waals surface area contributed by atoms with E-state index in [1.165, 1.54) is 7.11 Å². The standard InChI is InChI=1S/C43H66O16/c1-38(2)23-10-13-42(6)24(40(23,4)12-11-25(38)57-35-31(50)28(47)29(48)32(58-35)33(51)52)9-8-20-21-18-39(3,36(53)55-7)14-16-43(21,17-15-41(20,42)5)37(54)59-34-30(49)27(46)26(45)22(19-44)56-34/h8,21-32,34-35,44-50H,9-19H2,1-7H3,(H,51,52)/t21?,22-,23?,24?,25+,26-,27+,28+,29+,30-,31-,32+,34+,35-,39+,40+,41-,42-,43+/m1/s1. The smallest absolute Gasteiger partial charge is 0.335 e. The predicted molar refractivity (Wildman–Crippen MR) is 204 cm³/mol. The van der Waals surface area contributed by atoms with E-state index in [9.17, 15) is 55.2 Å². The van der Waals surface area contributed by atoms with Gasteiger partial charge in [0.05, 0.1) is 30.7 Å². The largest absolute Gasteiger partial charge is 0.479 e. The molecule has 334 valence electrons. The Morgan fingerprint density at radius 2 is 1.39 bits per heavy atom. The highest BCUT2D eigenvalue weighted by Gasteiger charge is 2.70. The highest BCUT2D eigenvalue weighted by atomic mass is 16.7. The fraction of sp³-hybridized carbons (Fsp3) is 0.884. The number of aliphatic hydroxyl groups is 7. The van der Waals surface area contributed by atoms with Crippen LogP contribution in [0, 0.1) is 50.2 Å². The lowest BCUT2D eigenvalue weighted by Gasteiger charge is -2.71. The van der Waals surface area contributed by atoms with Gasteiger partial charge in [-0.3, -0.25) is 9.59 Å². The lowest BCUT2D eigenvalue weighted by Crippen LogP contribution is -2.66. The Balaban J connectivity index is 1.19. The predicted octanol–water partition coefficient (Wildman–Crippen LogP) is 1.56. The first-order valence-corrected chi connectivity index (χ1v) is 21.4. The molecule has 6 fully saturated rings. The topological polar surface area (TPSA) is 259 Å². The molecule has 0 aromatic carbocycles. The van der Waals surface area contributed by atoms with E-state index < -0.39 is 114 Å². The SMILES string of the molecule is COC(=O)[C@@]1(C)CC[C@]2(C(=O)O[C@@H]3O[C@H](CO)[C@@H](O)[C@H](O)[C@H]3O)CC[C@]3(C)C(=CCC4[C@@]5(C)CC[C@H](O[C@@H]6O[C@H](C(=O)O)[C@@H](O)[C@H](O)[C@H]6O)C(C)(C)C5CC[C@]43C)C2C1. The molecule has 7 aliphatic rings. The number of carboxylic acids is 1. The maximum atomic E-state index is 14.7. The van der Waals surface area contributed by atoms with Crippen molar-refractivity contribution in [3.63, 3.8) is 0 Å². The Morgan fingerprint density at radius 3 is 2.03 bits per heavy atom. The molecule has 16 nitrogen and oxygen atoms in total. The number of aliphatic hydroxyl groups excluding tert-OH is 7. The summed E-state index contributed by atoms with van der Waals surface area (Å²) in [5.41, 5.74) is -2.15. The van der Waals surface area contributed by atoms with Gasteiger partial charge in [0.2, 0.25) is 6.29 Å². The van der Waals surface area contributed by atoms with Crippen molar-refractivity contribution in [3.05, 3.63) is 11.6 Å². The highest BCUT2D eigenvalue weighted by Crippen LogP contribution is 2.76. The molecule has 2 saturated heterocycles. The van der Waals surface area contributed by atoms with Crippen LogP contribution in [0.4, 0.5) is 0 Å². The van der Waals surface area contributed by atoms with Gasteiger partial charge in [0.25, 0.3) is 0 Å². The minimum atomic E-state index is -1.81. The first-order valence-electron chi connectivity index (χ1n) is 21.4. The molecule has 0 amide bonds. The number of fused-ring (bicyclic) bond motifs is 7. The molecule has 59 heavy (non-hydrogen) atoms. The molecule has 8 N–H and O–H groups in total. The van der Waals surface area contributed by atoms with E-state index in [2.05, 4.69) is 40.7 Å². The molecule has 0 aromatic heterocycles. The van der Waals surface area contributed by atoms with Crippen LogP contribution in [-0.2, 0) is 38.1 Å². The summed E-state index contributed by atoms with van der Waals surface area (Å²) < 4.78 is 28.8. The zero-order chi connectivity index (χ0) is 43.4. The summed E-state index contributed by atoms with van der Waals surface area (Å²) in [6, 6.07) is 0. The zero-order valence-corrected chi connectivity index (χ0v) is 35.3. The average molecular weight is 839 g/mol. The molecular formula is C43H66O16. The van der Waals surface area contributed by atoms with Crippen molar-refractivity contribution in [3.8, 4) is 0 Å². The first-order chi connectivity index (χ1) is 27.5. The van der Waals surface area contributed by atoms with Gasteiger partial charge >= 0.3 is 17.9 Å². The minimum Gasteiger partial charge on any atom is -0.479 e. The normalized spacial score (nSPS) is 51.7. The molecule has 4 saturated carbocycles. The van der Waals surface area contributed by atoms with Crippen LogP contribution >= 0.6 is 0 Å². The van der Waals surface area contributed by atoms with E-state index >= 15 is 0 Å². The van der Waals surface area contributed by atoms with Gasteiger partial charge in [0, 0.05) is 0 Å². The van der Waals surface area contributed by atoms with Crippen molar-refractivity contribution in [2.75, 3.05) is 13.7 Å². The second-order valence-electron chi connectivity index (χ2n) is 20.6. The van der Waals surface area contributed by atoms with Crippen LogP contribution in [0.5, 0.6) is 0 Å². The Hall–Kier alpha value is -2.25. The number of aliphatic carboxylic acids is 1. The lowest BCUT2D eigenvalue weighted by atomic mass is 9.33. The second-order valence-corrected chi connectivity index (χ2v) is 20.6. The van der Waals surface area contributed by atoms with Crippen molar-refractivity contribution in [1.82, 2.24) is 0 Å². The summed E-state index contributed by atoms with van der Waals surface area (Å²) in [5.74, 6) is -2.52. The second kappa shape index (κ2) is 15.2. The maximum Gasteiger partial charge on any atom is 0.335 e. The molecule has 5 aliphatic carbocycles. The lowest BCUT2D eigenvalue weighted by molar-refractivity contribution is -0.324. The molecule has 2 aliphatic heterocycles.